The van der Waals surface area contributed by atoms with E-state index in [1.165, 1.54) is 0 Å². The molecule has 0 aromatic heterocycles. The van der Waals surface area contributed by atoms with Crippen molar-refractivity contribution in [3.8, 4) is 5.75 Å². The molecule has 2 aromatic rings. The standard InChI is InChI=1S/C18H19N3O2/c1-2-23-16-5-3-4-13(11-16)18(22)21-9-8-20-12-14-10-15(19)6-7-17(14)21/h3-7,10-12H,2,8-9,19H2,1H3. The van der Waals surface area contributed by atoms with Crippen LogP contribution in [0.5, 0.6) is 5.75 Å². The number of carbonyl (C=O) groups is 1. The molecule has 1 aliphatic heterocycles. The summed E-state index contributed by atoms with van der Waals surface area (Å²) in [5, 5.41) is 0. The molecule has 0 radical (unpaired) electrons. The maximum atomic E-state index is 12.9. The molecule has 2 N–H and O–H groups in total. The van der Waals surface area contributed by atoms with Crippen LogP contribution < -0.4 is 15.4 Å². The number of carbonyl (C=O) groups excluding carboxylic acids is 1. The van der Waals surface area contributed by atoms with E-state index in [4.69, 9.17) is 10.5 Å². The van der Waals surface area contributed by atoms with Gasteiger partial charge in [-0.2, -0.15) is 0 Å². The van der Waals surface area contributed by atoms with E-state index < -0.39 is 0 Å². The molecule has 5 nitrogen and oxygen atoms in total. The summed E-state index contributed by atoms with van der Waals surface area (Å²) in [4.78, 5) is 19.0. The zero-order chi connectivity index (χ0) is 16.2. The van der Waals surface area contributed by atoms with E-state index in [1.807, 2.05) is 31.2 Å². The summed E-state index contributed by atoms with van der Waals surface area (Å²) in [5.41, 5.74) is 8.77. The largest absolute Gasteiger partial charge is 0.494 e. The molecule has 0 fully saturated rings. The number of hydrogen-bond acceptors (Lipinski definition) is 4. The van der Waals surface area contributed by atoms with Crippen molar-refractivity contribution in [2.75, 3.05) is 30.3 Å². The summed E-state index contributed by atoms with van der Waals surface area (Å²) in [6.45, 7) is 3.58. The van der Waals surface area contributed by atoms with Gasteiger partial charge in [0.2, 0.25) is 0 Å². The maximum Gasteiger partial charge on any atom is 0.258 e. The quantitative estimate of drug-likeness (QED) is 0.886. The Balaban J connectivity index is 1.96. The number of rotatable bonds is 3. The predicted molar refractivity (Wildman–Crippen MR) is 92.6 cm³/mol. The lowest BCUT2D eigenvalue weighted by molar-refractivity contribution is 0.0987. The SMILES string of the molecule is CCOc1cccc(C(=O)N2CCN=Cc3cc(N)ccc32)c1. The van der Waals surface area contributed by atoms with Gasteiger partial charge in [0.1, 0.15) is 5.75 Å². The van der Waals surface area contributed by atoms with Crippen LogP contribution in [0.25, 0.3) is 0 Å². The molecular weight excluding hydrogens is 290 g/mol. The lowest BCUT2D eigenvalue weighted by atomic mass is 10.1. The molecule has 1 aliphatic rings. The average molecular weight is 309 g/mol. The van der Waals surface area contributed by atoms with Gasteiger partial charge in [0.25, 0.3) is 5.91 Å². The minimum absolute atomic E-state index is 0.0666. The van der Waals surface area contributed by atoms with E-state index in [0.717, 1.165) is 11.3 Å². The van der Waals surface area contributed by atoms with Crippen LogP contribution in [0.1, 0.15) is 22.8 Å². The van der Waals surface area contributed by atoms with Crippen LogP contribution >= 0.6 is 0 Å². The molecule has 0 spiro atoms. The highest BCUT2D eigenvalue weighted by atomic mass is 16.5. The van der Waals surface area contributed by atoms with Crippen molar-refractivity contribution in [3.05, 3.63) is 53.6 Å². The number of aliphatic imine (C=N–C) groups is 1. The van der Waals surface area contributed by atoms with E-state index in [2.05, 4.69) is 4.99 Å². The van der Waals surface area contributed by atoms with Crippen LogP contribution in [0.15, 0.2) is 47.5 Å². The van der Waals surface area contributed by atoms with E-state index in [9.17, 15) is 4.79 Å². The van der Waals surface area contributed by atoms with Crippen molar-refractivity contribution < 1.29 is 9.53 Å². The second kappa shape index (κ2) is 6.52. The molecule has 1 heterocycles. The van der Waals surface area contributed by atoms with E-state index in [0.29, 0.717) is 36.7 Å². The first-order chi connectivity index (χ1) is 11.2. The molecule has 5 heteroatoms. The van der Waals surface area contributed by atoms with Crippen molar-refractivity contribution in [1.82, 2.24) is 0 Å². The third kappa shape index (κ3) is 3.18. The fourth-order valence-corrected chi connectivity index (χ4v) is 2.62. The fraction of sp³-hybridized carbons (Fsp3) is 0.222. The number of fused-ring (bicyclic) bond motifs is 1. The number of ether oxygens (including phenoxy) is 1. The molecule has 118 valence electrons. The number of nitrogens with two attached hydrogens (primary N) is 1. The van der Waals surface area contributed by atoms with Crippen LogP contribution in [0.3, 0.4) is 0 Å². The van der Waals surface area contributed by atoms with Crippen LogP contribution in [-0.2, 0) is 0 Å². The Hall–Kier alpha value is -2.82. The van der Waals surface area contributed by atoms with Gasteiger partial charge in [0, 0.05) is 29.6 Å². The van der Waals surface area contributed by atoms with Gasteiger partial charge in [0.15, 0.2) is 0 Å². The third-order valence-electron chi connectivity index (χ3n) is 3.66. The fourth-order valence-electron chi connectivity index (χ4n) is 2.62. The van der Waals surface area contributed by atoms with Crippen molar-refractivity contribution in [2.45, 2.75) is 6.92 Å². The number of benzene rings is 2. The Morgan fingerprint density at radius 1 is 1.30 bits per heavy atom. The number of hydrogen-bond donors (Lipinski definition) is 1. The molecule has 0 saturated heterocycles. The summed E-state index contributed by atoms with van der Waals surface area (Å²) >= 11 is 0. The zero-order valence-corrected chi connectivity index (χ0v) is 13.0. The highest BCUT2D eigenvalue weighted by Crippen LogP contribution is 2.26. The van der Waals surface area contributed by atoms with Gasteiger partial charge in [-0.05, 0) is 43.3 Å². The van der Waals surface area contributed by atoms with Crippen LogP contribution in [0.4, 0.5) is 11.4 Å². The maximum absolute atomic E-state index is 12.9. The lowest BCUT2D eigenvalue weighted by Crippen LogP contribution is -2.33. The second-order valence-corrected chi connectivity index (χ2v) is 5.27. The molecule has 3 rings (SSSR count). The van der Waals surface area contributed by atoms with Gasteiger partial charge >= 0.3 is 0 Å². The molecule has 0 saturated carbocycles. The molecule has 0 aliphatic carbocycles. The summed E-state index contributed by atoms with van der Waals surface area (Å²) in [6, 6.07) is 12.8. The lowest BCUT2D eigenvalue weighted by Gasteiger charge is -2.23. The number of nitrogens with zero attached hydrogens (tertiary/aromatic N) is 2. The third-order valence-corrected chi connectivity index (χ3v) is 3.66. The first kappa shape index (κ1) is 15.1. The molecule has 1 amide bonds. The van der Waals surface area contributed by atoms with Gasteiger partial charge in [-0.25, -0.2) is 0 Å². The van der Waals surface area contributed by atoms with Crippen molar-refractivity contribution in [1.29, 1.82) is 0 Å². The second-order valence-electron chi connectivity index (χ2n) is 5.27. The monoisotopic (exact) mass is 309 g/mol. The Morgan fingerprint density at radius 2 is 2.17 bits per heavy atom. The molecule has 2 aromatic carbocycles. The van der Waals surface area contributed by atoms with Gasteiger partial charge in [-0.1, -0.05) is 6.07 Å². The average Bonchev–Trinajstić information content (AvgIpc) is 2.76. The van der Waals surface area contributed by atoms with Crippen molar-refractivity contribution >= 4 is 23.5 Å². The van der Waals surface area contributed by atoms with Crippen molar-refractivity contribution in [3.63, 3.8) is 0 Å². The minimum Gasteiger partial charge on any atom is -0.494 e. The number of nitrogen functional groups attached to an aromatic ring is 1. The number of benzodiazepines with no additional fused rings is 1. The first-order valence-corrected chi connectivity index (χ1v) is 7.63. The van der Waals surface area contributed by atoms with Crippen LogP contribution in [0, 0.1) is 0 Å². The Bertz CT molecular complexity index is 756. The minimum atomic E-state index is -0.0666. The van der Waals surface area contributed by atoms with Gasteiger partial charge in [-0.15, -0.1) is 0 Å². The Morgan fingerprint density at radius 3 is 3.00 bits per heavy atom. The highest BCUT2D eigenvalue weighted by molar-refractivity contribution is 6.09. The van der Waals surface area contributed by atoms with E-state index >= 15 is 0 Å². The van der Waals surface area contributed by atoms with Crippen molar-refractivity contribution in [2.24, 2.45) is 4.99 Å². The summed E-state index contributed by atoms with van der Waals surface area (Å²) in [5.74, 6) is 0.630. The summed E-state index contributed by atoms with van der Waals surface area (Å²) in [7, 11) is 0. The molecular formula is C18H19N3O2. The topological polar surface area (TPSA) is 67.9 Å². The predicted octanol–water partition coefficient (Wildman–Crippen LogP) is 2.75. The molecule has 23 heavy (non-hydrogen) atoms. The van der Waals surface area contributed by atoms with Gasteiger partial charge < -0.3 is 15.4 Å². The van der Waals surface area contributed by atoms with Crippen LogP contribution in [0.2, 0.25) is 0 Å². The van der Waals surface area contributed by atoms with Crippen LogP contribution in [-0.4, -0.2) is 31.8 Å². The summed E-state index contributed by atoms with van der Waals surface area (Å²) < 4.78 is 5.48. The number of amides is 1. The molecule has 0 unspecified atom stereocenters. The zero-order valence-electron chi connectivity index (χ0n) is 13.0. The first-order valence-electron chi connectivity index (χ1n) is 7.63. The smallest absolute Gasteiger partial charge is 0.258 e. The normalized spacial score (nSPS) is 13.3. The molecule has 0 bridgehead atoms. The number of anilines is 2. The van der Waals surface area contributed by atoms with E-state index in [-0.39, 0.29) is 5.91 Å². The summed E-state index contributed by atoms with van der Waals surface area (Å²) in [6.07, 6.45) is 1.77. The van der Waals surface area contributed by atoms with Gasteiger partial charge in [-0.3, -0.25) is 9.79 Å². The Kier molecular flexibility index (Phi) is 4.28. The highest BCUT2D eigenvalue weighted by Gasteiger charge is 2.21. The van der Waals surface area contributed by atoms with Gasteiger partial charge in [0.05, 0.1) is 18.8 Å². The van der Waals surface area contributed by atoms with E-state index in [1.54, 1.807) is 29.3 Å². The Labute approximate surface area is 135 Å². The molecule has 0 atom stereocenters.